The molecule has 0 radical (unpaired) electrons. The molecule has 0 aliphatic heterocycles. The van der Waals surface area contributed by atoms with Crippen molar-refractivity contribution < 1.29 is 26.7 Å². The molecule has 6 nitrogen and oxygen atoms in total. The van der Waals surface area contributed by atoms with E-state index in [-0.39, 0.29) is 34.0 Å². The number of aryl methyl sites for hydroxylation is 1. The number of fused-ring (bicyclic) bond motifs is 1. The molecule has 35 heavy (non-hydrogen) atoms. The number of amides is 1. The van der Waals surface area contributed by atoms with Gasteiger partial charge >= 0.3 is 6.18 Å². The Labute approximate surface area is 206 Å². The van der Waals surface area contributed by atoms with Crippen LogP contribution in [0.2, 0.25) is 10.2 Å². The van der Waals surface area contributed by atoms with Crippen molar-refractivity contribution in [1.82, 2.24) is 20.1 Å². The van der Waals surface area contributed by atoms with Crippen LogP contribution in [0.4, 0.5) is 27.6 Å². The first-order chi connectivity index (χ1) is 16.4. The Morgan fingerprint density at radius 3 is 2.40 bits per heavy atom. The minimum Gasteiger partial charge on any atom is -0.382 e. The highest BCUT2D eigenvalue weighted by atomic mass is 35.5. The lowest BCUT2D eigenvalue weighted by atomic mass is 9.90. The molecule has 1 amide bonds. The molecule has 0 bridgehead atoms. The maximum Gasteiger partial charge on any atom is 0.433 e. The lowest BCUT2D eigenvalue weighted by Crippen LogP contribution is -2.40. The molecule has 1 saturated carbocycles. The topological polar surface area (TPSA) is 71.8 Å². The molecule has 2 N–H and O–H groups in total. The fourth-order valence-corrected chi connectivity index (χ4v) is 4.60. The van der Waals surface area contributed by atoms with Gasteiger partial charge in [-0.1, -0.05) is 23.2 Å². The zero-order valence-corrected chi connectivity index (χ0v) is 19.8. The third kappa shape index (κ3) is 5.45. The Hall–Kier alpha value is -2.66. The number of hydrogen-bond donors (Lipinski definition) is 2. The number of carbonyl (C=O) groups is 1. The number of anilines is 1. The number of halogens is 7. The monoisotopic (exact) mass is 535 g/mol. The van der Waals surface area contributed by atoms with Crippen molar-refractivity contribution in [2.75, 3.05) is 5.32 Å². The average Bonchev–Trinajstić information content (AvgIpc) is 3.09. The minimum atomic E-state index is -4.61. The van der Waals surface area contributed by atoms with Crippen LogP contribution in [-0.2, 0) is 13.2 Å². The molecule has 3 aromatic rings. The van der Waals surface area contributed by atoms with E-state index in [1.807, 2.05) is 0 Å². The number of rotatable bonds is 5. The van der Waals surface area contributed by atoms with Gasteiger partial charge in [0, 0.05) is 35.2 Å². The predicted molar refractivity (Wildman–Crippen MR) is 122 cm³/mol. The van der Waals surface area contributed by atoms with E-state index in [4.69, 9.17) is 23.2 Å². The molecule has 2 heterocycles. The lowest BCUT2D eigenvalue weighted by molar-refractivity contribution is -0.140. The lowest BCUT2D eigenvalue weighted by Gasteiger charge is -2.30. The van der Waals surface area contributed by atoms with Gasteiger partial charge in [-0.15, -0.1) is 0 Å². The van der Waals surface area contributed by atoms with Gasteiger partial charge in [-0.2, -0.15) is 18.3 Å². The number of alkyl halides is 5. The van der Waals surface area contributed by atoms with Gasteiger partial charge in [0.25, 0.3) is 12.3 Å². The summed E-state index contributed by atoms with van der Waals surface area (Å²) in [5, 5.41) is 10.1. The summed E-state index contributed by atoms with van der Waals surface area (Å²) >= 11 is 12.0. The van der Waals surface area contributed by atoms with Gasteiger partial charge in [0.1, 0.15) is 22.1 Å². The van der Waals surface area contributed by atoms with Crippen LogP contribution < -0.4 is 10.6 Å². The molecular formula is C22H20Cl2F5N5O. The fourth-order valence-electron chi connectivity index (χ4n) is 4.21. The Morgan fingerprint density at radius 1 is 1.11 bits per heavy atom. The van der Waals surface area contributed by atoms with Gasteiger partial charge in [0.15, 0.2) is 0 Å². The predicted octanol–water partition coefficient (Wildman–Crippen LogP) is 6.38. The Balaban J connectivity index is 1.46. The number of pyridine rings is 1. The first-order valence-corrected chi connectivity index (χ1v) is 11.4. The highest BCUT2D eigenvalue weighted by Gasteiger charge is 2.34. The molecule has 1 aromatic carbocycles. The summed E-state index contributed by atoms with van der Waals surface area (Å²) in [5.41, 5.74) is -1.63. The third-order valence-corrected chi connectivity index (χ3v) is 6.59. The SMILES string of the molecule is Cn1nc(C(F)F)c(C(=O)N[C@H]2CC[C@@H](Nc3cc(C(F)(F)F)nc4ccc(Cl)cc34)CC2)c1Cl. The second kappa shape index (κ2) is 9.77. The van der Waals surface area contributed by atoms with Gasteiger partial charge in [-0.05, 0) is 49.9 Å². The zero-order valence-electron chi connectivity index (χ0n) is 18.3. The van der Waals surface area contributed by atoms with Crippen molar-refractivity contribution in [3.8, 4) is 0 Å². The number of carbonyl (C=O) groups excluding carboxylic acids is 1. The summed E-state index contributed by atoms with van der Waals surface area (Å²) in [6.07, 6.45) is -5.54. The smallest absolute Gasteiger partial charge is 0.382 e. The Morgan fingerprint density at radius 2 is 1.77 bits per heavy atom. The van der Waals surface area contributed by atoms with E-state index in [1.54, 1.807) is 6.07 Å². The van der Waals surface area contributed by atoms with Crippen LogP contribution in [0.25, 0.3) is 10.9 Å². The van der Waals surface area contributed by atoms with Crippen LogP contribution >= 0.6 is 23.2 Å². The first kappa shape index (κ1) is 25.4. The number of aromatic nitrogens is 3. The van der Waals surface area contributed by atoms with E-state index in [0.717, 1.165) is 10.7 Å². The summed E-state index contributed by atoms with van der Waals surface area (Å²) in [6, 6.07) is 4.94. The van der Waals surface area contributed by atoms with Crippen LogP contribution in [0, 0.1) is 0 Å². The molecular weight excluding hydrogens is 516 g/mol. The average molecular weight is 536 g/mol. The van der Waals surface area contributed by atoms with Crippen molar-refractivity contribution in [3.05, 3.63) is 51.4 Å². The maximum atomic E-state index is 13.4. The fraction of sp³-hybridized carbons (Fsp3) is 0.409. The van der Waals surface area contributed by atoms with Gasteiger partial charge in [0.2, 0.25) is 0 Å². The van der Waals surface area contributed by atoms with E-state index in [9.17, 15) is 26.7 Å². The van der Waals surface area contributed by atoms with E-state index < -0.39 is 29.9 Å². The molecule has 4 rings (SSSR count). The molecule has 1 aliphatic carbocycles. The van der Waals surface area contributed by atoms with Crippen LogP contribution in [0.3, 0.4) is 0 Å². The molecule has 0 atom stereocenters. The molecule has 0 spiro atoms. The largest absolute Gasteiger partial charge is 0.433 e. The molecule has 1 fully saturated rings. The summed E-state index contributed by atoms with van der Waals surface area (Å²) in [4.78, 5) is 16.3. The minimum absolute atomic E-state index is 0.163. The van der Waals surface area contributed by atoms with Crippen molar-refractivity contribution in [1.29, 1.82) is 0 Å². The highest BCUT2D eigenvalue weighted by molar-refractivity contribution is 6.33. The van der Waals surface area contributed by atoms with Crippen LogP contribution in [-0.4, -0.2) is 32.8 Å². The Kier molecular flexibility index (Phi) is 7.10. The molecule has 188 valence electrons. The van der Waals surface area contributed by atoms with Gasteiger partial charge in [-0.3, -0.25) is 9.48 Å². The zero-order chi connectivity index (χ0) is 25.5. The van der Waals surface area contributed by atoms with Crippen LogP contribution in [0.1, 0.15) is 53.9 Å². The molecule has 0 saturated heterocycles. The number of nitrogens with one attached hydrogen (secondary N) is 2. The second-order valence-electron chi connectivity index (χ2n) is 8.36. The normalized spacial score (nSPS) is 18.8. The summed E-state index contributed by atoms with van der Waals surface area (Å²) in [6.45, 7) is 0. The second-order valence-corrected chi connectivity index (χ2v) is 9.15. The summed E-state index contributed by atoms with van der Waals surface area (Å²) in [7, 11) is 1.36. The molecule has 1 aliphatic rings. The first-order valence-electron chi connectivity index (χ1n) is 10.7. The van der Waals surface area contributed by atoms with Gasteiger partial charge in [0.05, 0.1) is 5.52 Å². The van der Waals surface area contributed by atoms with Crippen molar-refractivity contribution in [2.24, 2.45) is 7.05 Å². The van der Waals surface area contributed by atoms with Gasteiger partial charge < -0.3 is 10.6 Å². The number of benzene rings is 1. The van der Waals surface area contributed by atoms with Crippen molar-refractivity contribution in [3.63, 3.8) is 0 Å². The van der Waals surface area contributed by atoms with E-state index >= 15 is 0 Å². The summed E-state index contributed by atoms with van der Waals surface area (Å²) in [5.74, 6) is -0.737. The van der Waals surface area contributed by atoms with Crippen molar-refractivity contribution >= 4 is 45.7 Å². The van der Waals surface area contributed by atoms with Gasteiger partial charge in [-0.25, -0.2) is 13.8 Å². The standard InChI is InChI=1S/C22H20Cl2F5N5O/c1-34-19(24)17(18(33-34)20(25)26)21(35)31-12-5-3-11(4-6-12)30-15-9-16(22(27,28)29)32-14-7-2-10(23)8-13(14)15/h2,7-9,11-12,20H,3-6H2,1H3,(H,30,32)(H,31,35)/t11-,12+. The molecule has 13 heteroatoms. The van der Waals surface area contributed by atoms with Crippen LogP contribution in [0.5, 0.6) is 0 Å². The summed E-state index contributed by atoms with van der Waals surface area (Å²) < 4.78 is 67.6. The van der Waals surface area contributed by atoms with E-state index in [1.165, 1.54) is 19.2 Å². The third-order valence-electron chi connectivity index (χ3n) is 5.92. The van der Waals surface area contributed by atoms with Crippen molar-refractivity contribution in [2.45, 2.75) is 50.4 Å². The van der Waals surface area contributed by atoms with E-state index in [0.29, 0.717) is 36.1 Å². The number of hydrogen-bond acceptors (Lipinski definition) is 4. The maximum absolute atomic E-state index is 13.4. The van der Waals surface area contributed by atoms with E-state index in [2.05, 4.69) is 20.7 Å². The molecule has 0 unspecified atom stereocenters. The Bertz CT molecular complexity index is 1260. The highest BCUT2D eigenvalue weighted by Crippen LogP contribution is 2.35. The van der Waals surface area contributed by atoms with Crippen LogP contribution in [0.15, 0.2) is 24.3 Å². The molecule has 2 aromatic heterocycles. The quantitative estimate of drug-likeness (QED) is 0.371. The number of nitrogens with zero attached hydrogens (tertiary/aromatic N) is 3.